The number of nitrogens with zero attached hydrogens (tertiary/aromatic N) is 2. The number of rotatable bonds is 10. The first-order valence-corrected chi connectivity index (χ1v) is 7.04. The maximum absolute atomic E-state index is 8.61. The van der Waals surface area contributed by atoms with Crippen LogP contribution in [-0.2, 0) is 0 Å². The molecule has 0 aromatic rings. The summed E-state index contributed by atoms with van der Waals surface area (Å²) in [5.74, 6) is 1.69. The van der Waals surface area contributed by atoms with Crippen LogP contribution in [0.5, 0.6) is 0 Å². The largest absolute Gasteiger partial charge is 0.302 e. The normalized spacial score (nSPS) is 11.0. The van der Waals surface area contributed by atoms with Crippen molar-refractivity contribution in [3.8, 4) is 6.07 Å². The van der Waals surface area contributed by atoms with Crippen LogP contribution in [0.3, 0.4) is 0 Å². The summed E-state index contributed by atoms with van der Waals surface area (Å²) in [6, 6.07) is 2.23. The molecular weight excluding hydrogens is 216 g/mol. The van der Waals surface area contributed by atoms with Crippen molar-refractivity contribution in [2.45, 2.75) is 46.0 Å². The summed E-state index contributed by atoms with van der Waals surface area (Å²) in [4.78, 5) is 2.43. The van der Waals surface area contributed by atoms with Crippen LogP contribution in [0.25, 0.3) is 0 Å². The van der Waals surface area contributed by atoms with Gasteiger partial charge in [-0.3, -0.25) is 0 Å². The molecule has 0 amide bonds. The van der Waals surface area contributed by atoms with E-state index in [1.807, 2.05) is 0 Å². The number of hydrogen-bond donors (Lipinski definition) is 1. The third-order valence-electron chi connectivity index (χ3n) is 2.55. The highest BCUT2D eigenvalue weighted by Crippen LogP contribution is 2.05. The van der Waals surface area contributed by atoms with E-state index in [1.54, 1.807) is 0 Å². The van der Waals surface area contributed by atoms with Crippen LogP contribution in [0.15, 0.2) is 0 Å². The Bertz CT molecular complexity index is 187. The fourth-order valence-corrected chi connectivity index (χ4v) is 2.04. The van der Waals surface area contributed by atoms with E-state index in [9.17, 15) is 0 Å². The Morgan fingerprint density at radius 3 is 2.38 bits per heavy atom. The molecular formula is C13H26N2S. The van der Waals surface area contributed by atoms with Gasteiger partial charge in [-0.2, -0.15) is 17.9 Å². The Labute approximate surface area is 106 Å². The Hall–Kier alpha value is -0.200. The van der Waals surface area contributed by atoms with Crippen molar-refractivity contribution in [1.29, 1.82) is 5.26 Å². The third-order valence-corrected chi connectivity index (χ3v) is 2.86. The van der Waals surface area contributed by atoms with Crippen LogP contribution in [0.2, 0.25) is 0 Å². The monoisotopic (exact) mass is 242 g/mol. The molecule has 0 bridgehead atoms. The highest BCUT2D eigenvalue weighted by atomic mass is 32.1. The van der Waals surface area contributed by atoms with Crippen molar-refractivity contribution in [1.82, 2.24) is 4.90 Å². The highest BCUT2D eigenvalue weighted by molar-refractivity contribution is 7.80. The van der Waals surface area contributed by atoms with Crippen LogP contribution in [0.1, 0.15) is 46.0 Å². The number of thiol groups is 1. The zero-order valence-corrected chi connectivity index (χ0v) is 11.7. The van der Waals surface area contributed by atoms with Gasteiger partial charge in [0.2, 0.25) is 0 Å². The summed E-state index contributed by atoms with van der Waals surface area (Å²) < 4.78 is 0. The van der Waals surface area contributed by atoms with Crippen molar-refractivity contribution in [2.24, 2.45) is 5.92 Å². The molecule has 0 radical (unpaired) electrons. The maximum Gasteiger partial charge on any atom is 0.0635 e. The summed E-state index contributed by atoms with van der Waals surface area (Å²) in [6.45, 7) is 7.67. The van der Waals surface area contributed by atoms with Gasteiger partial charge in [0.05, 0.1) is 6.07 Å². The molecule has 0 aromatic heterocycles. The molecule has 0 saturated carbocycles. The van der Waals surface area contributed by atoms with Gasteiger partial charge in [-0.05, 0) is 31.1 Å². The van der Waals surface area contributed by atoms with Crippen LogP contribution in [-0.4, -0.2) is 30.3 Å². The van der Waals surface area contributed by atoms with Crippen LogP contribution >= 0.6 is 12.6 Å². The van der Waals surface area contributed by atoms with E-state index in [1.165, 1.54) is 25.7 Å². The Kier molecular flexibility index (Phi) is 11.1. The van der Waals surface area contributed by atoms with E-state index in [0.717, 1.165) is 25.4 Å². The molecule has 0 rings (SSSR count). The molecule has 0 N–H and O–H groups in total. The summed E-state index contributed by atoms with van der Waals surface area (Å²) in [7, 11) is 0. The van der Waals surface area contributed by atoms with Gasteiger partial charge in [-0.25, -0.2) is 0 Å². The minimum absolute atomic E-state index is 0.656. The van der Waals surface area contributed by atoms with Crippen molar-refractivity contribution < 1.29 is 0 Å². The molecule has 0 unspecified atom stereocenters. The molecule has 0 fully saturated rings. The lowest BCUT2D eigenvalue weighted by Gasteiger charge is -2.23. The van der Waals surface area contributed by atoms with E-state index in [0.29, 0.717) is 12.3 Å². The van der Waals surface area contributed by atoms with Gasteiger partial charge >= 0.3 is 0 Å². The van der Waals surface area contributed by atoms with Gasteiger partial charge in [-0.1, -0.05) is 26.7 Å². The SMILES string of the molecule is CC(C)CN(CCC#N)CCCCCCS. The molecule has 0 spiro atoms. The first-order valence-electron chi connectivity index (χ1n) is 6.41. The quantitative estimate of drug-likeness (QED) is 0.470. The molecule has 0 atom stereocenters. The third kappa shape index (κ3) is 10.3. The lowest BCUT2D eigenvalue weighted by Crippen LogP contribution is -2.29. The van der Waals surface area contributed by atoms with Crippen molar-refractivity contribution in [3.05, 3.63) is 0 Å². The van der Waals surface area contributed by atoms with Crippen LogP contribution in [0, 0.1) is 17.2 Å². The van der Waals surface area contributed by atoms with Crippen LogP contribution < -0.4 is 0 Å². The summed E-state index contributed by atoms with van der Waals surface area (Å²) >= 11 is 4.21. The lowest BCUT2D eigenvalue weighted by molar-refractivity contribution is 0.244. The summed E-state index contributed by atoms with van der Waals surface area (Å²) in [5, 5.41) is 8.61. The molecule has 0 aliphatic heterocycles. The summed E-state index contributed by atoms with van der Waals surface area (Å²) in [6.07, 6.45) is 5.72. The van der Waals surface area contributed by atoms with Gasteiger partial charge in [0.15, 0.2) is 0 Å². The fourth-order valence-electron chi connectivity index (χ4n) is 1.82. The van der Waals surface area contributed by atoms with Gasteiger partial charge in [0.25, 0.3) is 0 Å². The minimum atomic E-state index is 0.656. The van der Waals surface area contributed by atoms with Crippen molar-refractivity contribution in [2.75, 3.05) is 25.4 Å². The predicted molar refractivity (Wildman–Crippen MR) is 73.8 cm³/mol. The number of nitriles is 1. The first-order chi connectivity index (χ1) is 7.70. The van der Waals surface area contributed by atoms with Gasteiger partial charge in [-0.15, -0.1) is 0 Å². The molecule has 2 nitrogen and oxygen atoms in total. The molecule has 0 aromatic carbocycles. The second-order valence-corrected chi connectivity index (χ2v) is 5.19. The van der Waals surface area contributed by atoms with Gasteiger partial charge in [0.1, 0.15) is 0 Å². The van der Waals surface area contributed by atoms with Crippen molar-refractivity contribution >= 4 is 12.6 Å². The molecule has 3 heteroatoms. The first kappa shape index (κ1) is 15.8. The highest BCUT2D eigenvalue weighted by Gasteiger charge is 2.06. The minimum Gasteiger partial charge on any atom is -0.302 e. The molecule has 0 aliphatic rings. The van der Waals surface area contributed by atoms with E-state index >= 15 is 0 Å². The maximum atomic E-state index is 8.61. The van der Waals surface area contributed by atoms with E-state index in [-0.39, 0.29) is 0 Å². The van der Waals surface area contributed by atoms with Crippen LogP contribution in [0.4, 0.5) is 0 Å². The Morgan fingerprint density at radius 1 is 1.12 bits per heavy atom. The zero-order valence-electron chi connectivity index (χ0n) is 10.8. The lowest BCUT2D eigenvalue weighted by atomic mass is 10.1. The molecule has 16 heavy (non-hydrogen) atoms. The Balaban J connectivity index is 3.61. The second-order valence-electron chi connectivity index (χ2n) is 4.74. The molecule has 0 saturated heterocycles. The molecule has 0 aliphatic carbocycles. The van der Waals surface area contributed by atoms with Gasteiger partial charge in [0, 0.05) is 19.5 Å². The van der Waals surface area contributed by atoms with E-state index in [4.69, 9.17) is 5.26 Å². The predicted octanol–water partition coefficient (Wildman–Crippen LogP) is 3.35. The second kappa shape index (κ2) is 11.3. The standard InChI is InChI=1S/C13H26N2S/c1-13(2)12-15(10-7-8-14)9-5-3-4-6-11-16/h13,16H,3-7,9-12H2,1-2H3. The van der Waals surface area contributed by atoms with Crippen molar-refractivity contribution in [3.63, 3.8) is 0 Å². The summed E-state index contributed by atoms with van der Waals surface area (Å²) in [5.41, 5.74) is 0. The topological polar surface area (TPSA) is 27.0 Å². The zero-order chi connectivity index (χ0) is 12.2. The van der Waals surface area contributed by atoms with Gasteiger partial charge < -0.3 is 4.90 Å². The average Bonchev–Trinajstić information content (AvgIpc) is 2.24. The molecule has 94 valence electrons. The fraction of sp³-hybridized carbons (Fsp3) is 0.923. The molecule has 0 heterocycles. The smallest absolute Gasteiger partial charge is 0.0635 e. The number of hydrogen-bond acceptors (Lipinski definition) is 3. The average molecular weight is 242 g/mol. The van der Waals surface area contributed by atoms with E-state index in [2.05, 4.69) is 37.4 Å². The Morgan fingerprint density at radius 2 is 1.81 bits per heavy atom. The number of unbranched alkanes of at least 4 members (excludes halogenated alkanes) is 3. The van der Waals surface area contributed by atoms with E-state index < -0.39 is 0 Å².